The lowest BCUT2D eigenvalue weighted by Gasteiger charge is -1.98. The lowest BCUT2D eigenvalue weighted by atomic mass is 10.4. The molecular weight excluding hydrogens is 214 g/mol. The number of thiazole rings is 1. The number of nitrogens with zero attached hydrogens (tertiary/aromatic N) is 4. The van der Waals surface area contributed by atoms with Crippen molar-refractivity contribution in [3.05, 3.63) is 10.4 Å². The molecule has 0 aliphatic rings. The van der Waals surface area contributed by atoms with Crippen LogP contribution in [0.3, 0.4) is 0 Å². The van der Waals surface area contributed by atoms with Crippen molar-refractivity contribution >= 4 is 17.3 Å². The summed E-state index contributed by atoms with van der Waals surface area (Å²) in [6, 6.07) is -0.102. The first-order valence-corrected chi connectivity index (χ1v) is 5.15. The van der Waals surface area contributed by atoms with E-state index < -0.39 is 0 Å². The van der Waals surface area contributed by atoms with E-state index in [0.29, 0.717) is 11.5 Å². The predicted molar refractivity (Wildman–Crippen MR) is 58.3 cm³/mol. The van der Waals surface area contributed by atoms with E-state index in [-0.39, 0.29) is 12.0 Å². The lowest BCUT2D eigenvalue weighted by molar-refractivity contribution is 0.806. The second-order valence-corrected chi connectivity index (χ2v) is 4.00. The Labute approximate surface area is 89.9 Å². The average Bonchev–Trinajstić information content (AvgIpc) is 2.76. The summed E-state index contributed by atoms with van der Waals surface area (Å²) in [4.78, 5) is 4.29. The van der Waals surface area contributed by atoms with Crippen LogP contribution in [0, 0.1) is 0 Å². The number of hydrogen-bond acceptors (Lipinski definition) is 7. The molecule has 1 atom stereocenters. The first-order chi connectivity index (χ1) is 7.09. The molecule has 0 radical (unpaired) electrons. The fourth-order valence-corrected chi connectivity index (χ4v) is 1.83. The van der Waals surface area contributed by atoms with Crippen LogP contribution in [0.5, 0.6) is 0 Å². The molecule has 15 heavy (non-hydrogen) atoms. The van der Waals surface area contributed by atoms with Crippen LogP contribution in [0.1, 0.15) is 18.0 Å². The van der Waals surface area contributed by atoms with Crippen molar-refractivity contribution in [2.24, 2.45) is 5.73 Å². The van der Waals surface area contributed by atoms with Gasteiger partial charge in [-0.25, -0.2) is 9.66 Å². The molecule has 0 saturated carbocycles. The summed E-state index contributed by atoms with van der Waals surface area (Å²) in [7, 11) is 0. The van der Waals surface area contributed by atoms with E-state index in [9.17, 15) is 0 Å². The molecule has 0 saturated heterocycles. The predicted octanol–water partition coefficient (Wildman–Crippen LogP) is -0.283. The van der Waals surface area contributed by atoms with Gasteiger partial charge in [0.15, 0.2) is 0 Å². The van der Waals surface area contributed by atoms with Gasteiger partial charge >= 0.3 is 0 Å². The normalized spacial score (nSPS) is 12.9. The van der Waals surface area contributed by atoms with Crippen LogP contribution in [-0.4, -0.2) is 19.9 Å². The Hall–Kier alpha value is -1.67. The maximum absolute atomic E-state index is 5.70. The highest BCUT2D eigenvalue weighted by Gasteiger charge is 2.14. The van der Waals surface area contributed by atoms with Gasteiger partial charge in [-0.15, -0.1) is 21.5 Å². The number of nitrogen functional groups attached to an aromatic ring is 2. The third-order valence-corrected chi connectivity index (χ3v) is 2.91. The van der Waals surface area contributed by atoms with E-state index in [0.717, 1.165) is 5.01 Å². The van der Waals surface area contributed by atoms with E-state index in [1.165, 1.54) is 16.0 Å². The standard InChI is InChI=1S/C7H11N7S/c1-3(8)6-11-4(2-15-6)5-12-13-7(9)14(5)10/h2-3H,8,10H2,1H3,(H2,9,13). The molecule has 0 aliphatic carbocycles. The minimum absolute atomic E-state index is 0.102. The van der Waals surface area contributed by atoms with Gasteiger partial charge < -0.3 is 17.3 Å². The lowest BCUT2D eigenvalue weighted by Crippen LogP contribution is -2.13. The Balaban J connectivity index is 2.41. The summed E-state index contributed by atoms with van der Waals surface area (Å²) in [5.41, 5.74) is 11.8. The van der Waals surface area contributed by atoms with Crippen molar-refractivity contribution in [3.63, 3.8) is 0 Å². The molecule has 8 heteroatoms. The Morgan fingerprint density at radius 2 is 2.20 bits per heavy atom. The zero-order chi connectivity index (χ0) is 11.0. The Morgan fingerprint density at radius 3 is 2.67 bits per heavy atom. The summed E-state index contributed by atoms with van der Waals surface area (Å²) in [6.45, 7) is 1.87. The molecule has 2 aromatic heterocycles. The van der Waals surface area contributed by atoms with Gasteiger partial charge in [0.2, 0.25) is 11.8 Å². The van der Waals surface area contributed by atoms with Crippen LogP contribution >= 0.6 is 11.3 Å². The maximum atomic E-state index is 5.70. The van der Waals surface area contributed by atoms with Gasteiger partial charge in [-0.1, -0.05) is 0 Å². The molecule has 2 heterocycles. The fraction of sp³-hybridized carbons (Fsp3) is 0.286. The second kappa shape index (κ2) is 3.48. The zero-order valence-corrected chi connectivity index (χ0v) is 8.90. The molecule has 1 unspecified atom stereocenters. The molecule has 0 aromatic carbocycles. The molecule has 0 aliphatic heterocycles. The topological polar surface area (TPSA) is 122 Å². The van der Waals surface area contributed by atoms with Crippen molar-refractivity contribution in [1.29, 1.82) is 0 Å². The largest absolute Gasteiger partial charge is 0.366 e. The van der Waals surface area contributed by atoms with Gasteiger partial charge in [-0.2, -0.15) is 0 Å². The fourth-order valence-electron chi connectivity index (χ4n) is 1.08. The van der Waals surface area contributed by atoms with E-state index in [2.05, 4.69) is 15.2 Å². The smallest absolute Gasteiger partial charge is 0.241 e. The molecule has 2 aromatic rings. The third-order valence-electron chi connectivity index (χ3n) is 1.86. The molecule has 0 bridgehead atoms. The summed E-state index contributed by atoms with van der Waals surface area (Å²) in [6.07, 6.45) is 0. The Bertz CT molecular complexity index is 471. The second-order valence-electron chi connectivity index (χ2n) is 3.11. The van der Waals surface area contributed by atoms with Gasteiger partial charge in [0, 0.05) is 5.38 Å². The Kier molecular flexibility index (Phi) is 2.29. The summed E-state index contributed by atoms with van der Waals surface area (Å²) >= 11 is 1.46. The van der Waals surface area contributed by atoms with E-state index in [1.54, 1.807) is 0 Å². The average molecular weight is 225 g/mol. The molecule has 6 N–H and O–H groups in total. The highest BCUT2D eigenvalue weighted by molar-refractivity contribution is 7.10. The molecule has 2 rings (SSSR count). The Morgan fingerprint density at radius 1 is 1.47 bits per heavy atom. The van der Waals surface area contributed by atoms with Crippen LogP contribution in [0.2, 0.25) is 0 Å². The highest BCUT2D eigenvalue weighted by atomic mass is 32.1. The molecule has 0 amide bonds. The van der Waals surface area contributed by atoms with Crippen molar-refractivity contribution in [3.8, 4) is 11.5 Å². The number of hydrogen-bond donors (Lipinski definition) is 3. The van der Waals surface area contributed by atoms with Gasteiger partial charge in [-0.3, -0.25) is 0 Å². The van der Waals surface area contributed by atoms with Crippen molar-refractivity contribution in [2.75, 3.05) is 11.6 Å². The van der Waals surface area contributed by atoms with E-state index in [4.69, 9.17) is 17.3 Å². The van der Waals surface area contributed by atoms with Crippen molar-refractivity contribution < 1.29 is 0 Å². The molecule has 0 fully saturated rings. The first-order valence-electron chi connectivity index (χ1n) is 4.27. The highest BCUT2D eigenvalue weighted by Crippen LogP contribution is 2.22. The van der Waals surface area contributed by atoms with Crippen LogP contribution in [0.15, 0.2) is 5.38 Å². The minimum atomic E-state index is -0.102. The van der Waals surface area contributed by atoms with Crippen molar-refractivity contribution in [1.82, 2.24) is 19.9 Å². The number of aromatic nitrogens is 4. The summed E-state index contributed by atoms with van der Waals surface area (Å²) < 4.78 is 1.19. The zero-order valence-electron chi connectivity index (χ0n) is 8.08. The molecule has 0 spiro atoms. The maximum Gasteiger partial charge on any atom is 0.241 e. The van der Waals surface area contributed by atoms with Crippen LogP contribution in [-0.2, 0) is 0 Å². The van der Waals surface area contributed by atoms with E-state index in [1.807, 2.05) is 12.3 Å². The van der Waals surface area contributed by atoms with Gasteiger partial charge in [-0.05, 0) is 6.92 Å². The SMILES string of the molecule is CC(N)c1nc(-c2nnc(N)n2N)cs1. The quantitative estimate of drug-likeness (QED) is 0.604. The number of rotatable bonds is 2. The third kappa shape index (κ3) is 1.64. The van der Waals surface area contributed by atoms with Gasteiger partial charge in [0.1, 0.15) is 10.7 Å². The van der Waals surface area contributed by atoms with E-state index >= 15 is 0 Å². The van der Waals surface area contributed by atoms with Crippen LogP contribution in [0.4, 0.5) is 5.95 Å². The summed E-state index contributed by atoms with van der Waals surface area (Å²) in [5, 5.41) is 10.1. The minimum Gasteiger partial charge on any atom is -0.366 e. The van der Waals surface area contributed by atoms with Crippen LogP contribution < -0.4 is 17.3 Å². The molecule has 80 valence electrons. The summed E-state index contributed by atoms with van der Waals surface area (Å²) in [5.74, 6) is 6.21. The van der Waals surface area contributed by atoms with Crippen LogP contribution in [0.25, 0.3) is 11.5 Å². The first kappa shape index (κ1) is 9.87. The monoisotopic (exact) mass is 225 g/mol. The number of nitrogens with two attached hydrogens (primary N) is 3. The van der Waals surface area contributed by atoms with Gasteiger partial charge in [0.25, 0.3) is 0 Å². The number of anilines is 1. The van der Waals surface area contributed by atoms with Gasteiger partial charge in [0.05, 0.1) is 6.04 Å². The molecule has 7 nitrogen and oxygen atoms in total. The van der Waals surface area contributed by atoms with Crippen molar-refractivity contribution in [2.45, 2.75) is 13.0 Å². The molecular formula is C7H11N7S.